The Kier molecular flexibility index (Phi) is 7.49. The van der Waals surface area contributed by atoms with Gasteiger partial charge in [-0.2, -0.15) is 0 Å². The fourth-order valence-electron chi connectivity index (χ4n) is 4.79. The molecule has 0 saturated carbocycles. The summed E-state index contributed by atoms with van der Waals surface area (Å²) in [6, 6.07) is 5.02. The summed E-state index contributed by atoms with van der Waals surface area (Å²) < 4.78 is 17.5. The Labute approximate surface area is 194 Å². The number of nitrogens with one attached hydrogen (secondary N) is 2. The van der Waals surface area contributed by atoms with Gasteiger partial charge >= 0.3 is 0 Å². The van der Waals surface area contributed by atoms with E-state index in [4.69, 9.17) is 14.2 Å². The van der Waals surface area contributed by atoms with Crippen molar-refractivity contribution >= 4 is 23.4 Å². The van der Waals surface area contributed by atoms with Crippen molar-refractivity contribution in [2.75, 3.05) is 38.7 Å². The van der Waals surface area contributed by atoms with Crippen molar-refractivity contribution in [2.24, 2.45) is 5.92 Å². The predicted molar refractivity (Wildman–Crippen MR) is 121 cm³/mol. The topological polar surface area (TPSA) is 106 Å². The van der Waals surface area contributed by atoms with Crippen molar-refractivity contribution in [1.82, 2.24) is 10.2 Å². The Morgan fingerprint density at radius 1 is 1.15 bits per heavy atom. The molecule has 2 N–H and O–H groups in total. The first kappa shape index (κ1) is 23.5. The number of fused-ring (bicyclic) bond motifs is 2. The first-order chi connectivity index (χ1) is 16.0. The summed E-state index contributed by atoms with van der Waals surface area (Å²) in [6.45, 7) is 3.95. The summed E-state index contributed by atoms with van der Waals surface area (Å²) in [5.74, 6) is 0.127. The monoisotopic (exact) mass is 459 g/mol. The fourth-order valence-corrected chi connectivity index (χ4v) is 4.79. The summed E-state index contributed by atoms with van der Waals surface area (Å²) in [5, 5.41) is 5.75. The minimum absolute atomic E-state index is 0.0298. The Bertz CT molecular complexity index is 885. The maximum Gasteiger partial charge on any atom is 0.257 e. The first-order valence-corrected chi connectivity index (χ1v) is 11.8. The third-order valence-electron chi connectivity index (χ3n) is 6.66. The summed E-state index contributed by atoms with van der Waals surface area (Å²) in [5.41, 5.74) is 1.000. The van der Waals surface area contributed by atoms with E-state index in [2.05, 4.69) is 10.6 Å². The highest BCUT2D eigenvalue weighted by Crippen LogP contribution is 2.32. The van der Waals surface area contributed by atoms with Crippen LogP contribution in [0.3, 0.4) is 0 Å². The molecule has 1 aromatic carbocycles. The molecule has 0 unspecified atom stereocenters. The highest BCUT2D eigenvalue weighted by Gasteiger charge is 2.39. The third kappa shape index (κ3) is 5.47. The smallest absolute Gasteiger partial charge is 0.257 e. The average molecular weight is 460 g/mol. The predicted octanol–water partition coefficient (Wildman–Crippen LogP) is 1.96. The van der Waals surface area contributed by atoms with Gasteiger partial charge in [-0.05, 0) is 50.8 Å². The molecule has 3 aliphatic rings. The molecule has 9 heteroatoms. The molecule has 180 valence electrons. The second-order valence-corrected chi connectivity index (χ2v) is 8.91. The van der Waals surface area contributed by atoms with E-state index in [0.29, 0.717) is 62.4 Å². The highest BCUT2D eigenvalue weighted by atomic mass is 16.5. The molecule has 3 atom stereocenters. The minimum Gasteiger partial charge on any atom is -0.490 e. The zero-order valence-corrected chi connectivity index (χ0v) is 19.3. The van der Waals surface area contributed by atoms with Gasteiger partial charge in [-0.25, -0.2) is 0 Å². The summed E-state index contributed by atoms with van der Waals surface area (Å²) in [7, 11) is 1.77. The Hall–Kier alpha value is -2.65. The number of carbonyl (C=O) groups excluding carboxylic acids is 3. The second kappa shape index (κ2) is 10.5. The van der Waals surface area contributed by atoms with E-state index in [-0.39, 0.29) is 48.5 Å². The van der Waals surface area contributed by atoms with E-state index in [1.165, 1.54) is 0 Å². The number of nitrogens with zero attached hydrogens (tertiary/aromatic N) is 1. The van der Waals surface area contributed by atoms with Crippen LogP contribution in [0.2, 0.25) is 0 Å². The molecule has 0 bridgehead atoms. The molecule has 0 radical (unpaired) electrons. The van der Waals surface area contributed by atoms with Crippen molar-refractivity contribution in [3.63, 3.8) is 0 Å². The van der Waals surface area contributed by atoms with Crippen LogP contribution in [-0.2, 0) is 19.1 Å². The van der Waals surface area contributed by atoms with Gasteiger partial charge in [0.2, 0.25) is 11.8 Å². The normalized spacial score (nSPS) is 25.7. The number of benzene rings is 1. The zero-order valence-electron chi connectivity index (χ0n) is 19.3. The molecule has 0 aromatic heterocycles. The van der Waals surface area contributed by atoms with Crippen LogP contribution in [0.1, 0.15) is 49.4 Å². The Morgan fingerprint density at radius 2 is 1.94 bits per heavy atom. The Morgan fingerprint density at radius 3 is 2.70 bits per heavy atom. The first-order valence-electron chi connectivity index (χ1n) is 11.8. The maximum absolute atomic E-state index is 13.3. The van der Waals surface area contributed by atoms with Crippen LogP contribution in [0.5, 0.6) is 5.75 Å². The van der Waals surface area contributed by atoms with Crippen molar-refractivity contribution in [2.45, 2.75) is 57.3 Å². The lowest BCUT2D eigenvalue weighted by Gasteiger charge is -2.42. The van der Waals surface area contributed by atoms with Gasteiger partial charge in [0, 0.05) is 38.4 Å². The molecule has 3 heterocycles. The molecule has 1 aromatic rings. The third-order valence-corrected chi connectivity index (χ3v) is 6.66. The lowest BCUT2D eigenvalue weighted by atomic mass is 9.94. The lowest BCUT2D eigenvalue weighted by Crippen LogP contribution is -2.54. The van der Waals surface area contributed by atoms with Crippen molar-refractivity contribution < 1.29 is 28.6 Å². The number of ether oxygens (including phenoxy) is 3. The fraction of sp³-hybridized carbons (Fsp3) is 0.625. The molecular formula is C24H33N3O6. The second-order valence-electron chi connectivity index (χ2n) is 8.91. The summed E-state index contributed by atoms with van der Waals surface area (Å²) >= 11 is 0. The van der Waals surface area contributed by atoms with Crippen LogP contribution in [0.15, 0.2) is 18.2 Å². The summed E-state index contributed by atoms with van der Waals surface area (Å²) in [6.07, 6.45) is 2.64. The number of carbonyl (C=O) groups is 3. The van der Waals surface area contributed by atoms with E-state index < -0.39 is 0 Å². The quantitative estimate of drug-likeness (QED) is 0.697. The number of anilines is 1. The van der Waals surface area contributed by atoms with E-state index in [1.54, 1.807) is 30.1 Å². The minimum atomic E-state index is -0.312. The Balaban J connectivity index is 1.46. The van der Waals surface area contributed by atoms with E-state index in [9.17, 15) is 14.4 Å². The number of amides is 3. The van der Waals surface area contributed by atoms with Crippen molar-refractivity contribution in [3.8, 4) is 5.75 Å². The highest BCUT2D eigenvalue weighted by molar-refractivity contribution is 6.00. The molecule has 0 aliphatic carbocycles. The molecule has 3 amide bonds. The van der Waals surface area contributed by atoms with Gasteiger partial charge in [0.15, 0.2) is 0 Å². The molecule has 4 rings (SSSR count). The lowest BCUT2D eigenvalue weighted by molar-refractivity contribution is -0.134. The summed E-state index contributed by atoms with van der Waals surface area (Å²) in [4.78, 5) is 39.6. The van der Waals surface area contributed by atoms with Crippen LogP contribution in [0.25, 0.3) is 0 Å². The van der Waals surface area contributed by atoms with Crippen LogP contribution in [0.4, 0.5) is 5.69 Å². The van der Waals surface area contributed by atoms with Crippen molar-refractivity contribution in [3.05, 3.63) is 23.8 Å². The van der Waals surface area contributed by atoms with Crippen LogP contribution < -0.4 is 15.4 Å². The standard InChI is InChI=1S/C24H33N3O6/c1-3-25-22(28)13-17-5-6-19-21(33-17)14-32-20-7-4-16(12-18(20)24(30)27(19)2)26-23(29)15-8-10-31-11-9-15/h4,7,12,15,17,19,21H,3,5-6,8-11,13-14H2,1-2H3,(H,25,28)(H,26,29)/t17-,19-,21-/m0/s1. The molecule has 0 spiro atoms. The van der Waals surface area contributed by atoms with Gasteiger partial charge < -0.3 is 29.7 Å². The van der Waals surface area contributed by atoms with Gasteiger partial charge in [0.25, 0.3) is 5.91 Å². The molecule has 33 heavy (non-hydrogen) atoms. The number of rotatable bonds is 5. The SMILES string of the molecule is CCNC(=O)C[C@@H]1CC[C@H]2[C@H](COc3ccc(NC(=O)C4CCOCC4)cc3C(=O)N2C)O1. The van der Waals surface area contributed by atoms with Gasteiger partial charge in [-0.1, -0.05) is 0 Å². The van der Waals surface area contributed by atoms with E-state index in [1.807, 2.05) is 6.92 Å². The van der Waals surface area contributed by atoms with E-state index >= 15 is 0 Å². The maximum atomic E-state index is 13.3. The largest absolute Gasteiger partial charge is 0.490 e. The molecular weight excluding hydrogens is 426 g/mol. The molecule has 2 saturated heterocycles. The van der Waals surface area contributed by atoms with Gasteiger partial charge in [0.05, 0.1) is 24.1 Å². The van der Waals surface area contributed by atoms with Gasteiger partial charge in [0.1, 0.15) is 18.5 Å². The molecule has 2 fully saturated rings. The molecule has 3 aliphatic heterocycles. The number of hydrogen-bond acceptors (Lipinski definition) is 6. The van der Waals surface area contributed by atoms with Crippen LogP contribution in [0, 0.1) is 5.92 Å². The van der Waals surface area contributed by atoms with Crippen molar-refractivity contribution in [1.29, 1.82) is 0 Å². The number of hydrogen-bond donors (Lipinski definition) is 2. The molecule has 9 nitrogen and oxygen atoms in total. The van der Waals surface area contributed by atoms with Crippen LogP contribution >= 0.6 is 0 Å². The number of likely N-dealkylation sites (N-methyl/N-ethyl adjacent to an activating group) is 1. The van der Waals surface area contributed by atoms with E-state index in [0.717, 1.165) is 6.42 Å². The average Bonchev–Trinajstić information content (AvgIpc) is 2.82. The zero-order chi connectivity index (χ0) is 23.4. The van der Waals surface area contributed by atoms with Crippen LogP contribution in [-0.4, -0.2) is 74.3 Å². The van der Waals surface area contributed by atoms with Gasteiger partial charge in [-0.15, -0.1) is 0 Å². The van der Waals surface area contributed by atoms with Gasteiger partial charge in [-0.3, -0.25) is 14.4 Å².